The average molecular weight is 270 g/mol. The third-order valence-corrected chi connectivity index (χ3v) is 2.20. The van der Waals surface area contributed by atoms with Crippen molar-refractivity contribution in [3.8, 4) is 0 Å². The zero-order valence-electron chi connectivity index (χ0n) is 8.63. The van der Waals surface area contributed by atoms with Gasteiger partial charge in [0, 0.05) is 17.3 Å². The number of nitrogens with one attached hydrogen (secondary N) is 1. The summed E-state index contributed by atoms with van der Waals surface area (Å²) >= 11 is 5.55. The molecule has 1 aromatic rings. The number of hydrogen-bond donors (Lipinski definition) is 3. The minimum Gasteiger partial charge on any atom is -0.394 e. The number of anilines is 1. The second-order valence-electron chi connectivity index (χ2n) is 3.44. The van der Waals surface area contributed by atoms with E-state index < -0.39 is 24.5 Å². The number of halogens is 4. The summed E-state index contributed by atoms with van der Waals surface area (Å²) < 4.78 is 37.3. The molecular formula is C10H11ClF3NO2. The van der Waals surface area contributed by atoms with Gasteiger partial charge in [-0.3, -0.25) is 0 Å². The Morgan fingerprint density at radius 3 is 2.47 bits per heavy atom. The van der Waals surface area contributed by atoms with E-state index in [-0.39, 0.29) is 17.3 Å². The van der Waals surface area contributed by atoms with Crippen molar-refractivity contribution in [1.29, 1.82) is 0 Å². The summed E-state index contributed by atoms with van der Waals surface area (Å²) in [6.45, 7) is -0.534. The van der Waals surface area contributed by atoms with Gasteiger partial charge >= 0.3 is 6.18 Å². The SMILES string of the molecule is OCC(O)CNc1cc(Cl)cc(C(F)(F)F)c1. The maximum absolute atomic E-state index is 12.4. The highest BCUT2D eigenvalue weighted by Gasteiger charge is 2.31. The standard InChI is InChI=1S/C10H11ClF3NO2/c11-7-1-6(10(12,13)14)2-8(3-7)15-4-9(17)5-16/h1-3,9,15-17H,4-5H2. The monoisotopic (exact) mass is 269 g/mol. The largest absolute Gasteiger partial charge is 0.416 e. The topological polar surface area (TPSA) is 52.5 Å². The first-order valence-corrected chi connectivity index (χ1v) is 5.11. The highest BCUT2D eigenvalue weighted by molar-refractivity contribution is 6.30. The third-order valence-electron chi connectivity index (χ3n) is 1.98. The molecule has 0 fully saturated rings. The minimum absolute atomic E-state index is 0.0548. The van der Waals surface area contributed by atoms with Crippen LogP contribution in [0.3, 0.4) is 0 Å². The van der Waals surface area contributed by atoms with E-state index in [1.807, 2.05) is 0 Å². The van der Waals surface area contributed by atoms with Gasteiger partial charge in [0.1, 0.15) is 0 Å². The molecule has 0 saturated carbocycles. The molecule has 1 aromatic carbocycles. The van der Waals surface area contributed by atoms with Crippen LogP contribution in [0.4, 0.5) is 18.9 Å². The Bertz CT molecular complexity index is 384. The summed E-state index contributed by atoms with van der Waals surface area (Å²) in [6, 6.07) is 3.01. The first-order valence-electron chi connectivity index (χ1n) is 4.73. The Morgan fingerprint density at radius 2 is 1.94 bits per heavy atom. The second kappa shape index (κ2) is 5.57. The molecule has 3 nitrogen and oxygen atoms in total. The molecule has 0 aliphatic rings. The number of aliphatic hydroxyl groups is 2. The van der Waals surface area contributed by atoms with E-state index in [2.05, 4.69) is 5.32 Å². The molecule has 0 radical (unpaired) electrons. The van der Waals surface area contributed by atoms with Crippen LogP contribution in [-0.4, -0.2) is 29.5 Å². The van der Waals surface area contributed by atoms with Crippen LogP contribution in [0, 0.1) is 0 Å². The summed E-state index contributed by atoms with van der Waals surface area (Å²) in [7, 11) is 0. The molecule has 3 N–H and O–H groups in total. The molecule has 0 aromatic heterocycles. The highest BCUT2D eigenvalue weighted by atomic mass is 35.5. The van der Waals surface area contributed by atoms with Crippen molar-refractivity contribution in [2.75, 3.05) is 18.5 Å². The number of aliphatic hydroxyl groups excluding tert-OH is 2. The van der Waals surface area contributed by atoms with Gasteiger partial charge in [0.05, 0.1) is 18.3 Å². The third kappa shape index (κ3) is 4.41. The first-order chi connectivity index (χ1) is 7.82. The summed E-state index contributed by atoms with van der Waals surface area (Å²) in [5.74, 6) is 0. The molecule has 1 atom stereocenters. The van der Waals surface area contributed by atoms with Gasteiger partial charge < -0.3 is 15.5 Å². The van der Waals surface area contributed by atoms with Crippen LogP contribution in [0.25, 0.3) is 0 Å². The van der Waals surface area contributed by atoms with Gasteiger partial charge in [0.25, 0.3) is 0 Å². The van der Waals surface area contributed by atoms with Crippen molar-refractivity contribution in [3.63, 3.8) is 0 Å². The number of alkyl halides is 3. The fourth-order valence-corrected chi connectivity index (χ4v) is 1.39. The quantitative estimate of drug-likeness (QED) is 0.785. The molecule has 1 rings (SSSR count). The Balaban J connectivity index is 2.83. The summed E-state index contributed by atoms with van der Waals surface area (Å²) in [5.41, 5.74) is -0.733. The van der Waals surface area contributed by atoms with Crippen molar-refractivity contribution in [2.24, 2.45) is 0 Å². The van der Waals surface area contributed by atoms with Gasteiger partial charge in [-0.15, -0.1) is 0 Å². The van der Waals surface area contributed by atoms with Gasteiger partial charge in [-0.1, -0.05) is 11.6 Å². The summed E-state index contributed by atoms with van der Waals surface area (Å²) in [5, 5.41) is 20.1. The van der Waals surface area contributed by atoms with Gasteiger partial charge in [-0.05, 0) is 18.2 Å². The molecule has 0 bridgehead atoms. The molecule has 0 saturated heterocycles. The molecule has 1 unspecified atom stereocenters. The van der Waals surface area contributed by atoms with Crippen molar-refractivity contribution in [1.82, 2.24) is 0 Å². The first kappa shape index (κ1) is 14.1. The van der Waals surface area contributed by atoms with Crippen LogP contribution in [0.2, 0.25) is 5.02 Å². The molecule has 0 amide bonds. The lowest BCUT2D eigenvalue weighted by atomic mass is 10.2. The van der Waals surface area contributed by atoms with Crippen molar-refractivity contribution in [2.45, 2.75) is 12.3 Å². The Kier molecular flexibility index (Phi) is 4.62. The summed E-state index contributed by atoms with van der Waals surface area (Å²) in [6.07, 6.45) is -5.51. The van der Waals surface area contributed by atoms with E-state index in [1.54, 1.807) is 0 Å². The van der Waals surface area contributed by atoms with Crippen LogP contribution >= 0.6 is 11.6 Å². The predicted molar refractivity (Wildman–Crippen MR) is 58.0 cm³/mol. The van der Waals surface area contributed by atoms with E-state index in [9.17, 15) is 13.2 Å². The lowest BCUT2D eigenvalue weighted by molar-refractivity contribution is -0.137. The Labute approximate surface area is 101 Å². The van der Waals surface area contributed by atoms with Crippen LogP contribution in [-0.2, 0) is 6.18 Å². The van der Waals surface area contributed by atoms with Crippen LogP contribution in [0.1, 0.15) is 5.56 Å². The van der Waals surface area contributed by atoms with E-state index in [0.717, 1.165) is 12.1 Å². The number of rotatable bonds is 4. The summed E-state index contributed by atoms with van der Waals surface area (Å²) in [4.78, 5) is 0. The highest BCUT2D eigenvalue weighted by Crippen LogP contribution is 2.33. The minimum atomic E-state index is -4.48. The lowest BCUT2D eigenvalue weighted by Gasteiger charge is -2.13. The Hall–Kier alpha value is -0.980. The maximum Gasteiger partial charge on any atom is 0.416 e. The lowest BCUT2D eigenvalue weighted by Crippen LogP contribution is -2.23. The zero-order chi connectivity index (χ0) is 13.1. The molecule has 7 heteroatoms. The van der Waals surface area contributed by atoms with Crippen LogP contribution < -0.4 is 5.32 Å². The van der Waals surface area contributed by atoms with Gasteiger partial charge in [0.15, 0.2) is 0 Å². The van der Waals surface area contributed by atoms with Gasteiger partial charge in [-0.25, -0.2) is 0 Å². The van der Waals surface area contributed by atoms with E-state index >= 15 is 0 Å². The molecule has 0 aliphatic carbocycles. The van der Waals surface area contributed by atoms with Crippen molar-refractivity contribution >= 4 is 17.3 Å². The van der Waals surface area contributed by atoms with Crippen molar-refractivity contribution in [3.05, 3.63) is 28.8 Å². The number of benzene rings is 1. The second-order valence-corrected chi connectivity index (χ2v) is 3.88. The zero-order valence-corrected chi connectivity index (χ0v) is 9.39. The fraction of sp³-hybridized carbons (Fsp3) is 0.400. The molecule has 0 spiro atoms. The van der Waals surface area contributed by atoms with Crippen LogP contribution in [0.15, 0.2) is 18.2 Å². The van der Waals surface area contributed by atoms with Crippen molar-refractivity contribution < 1.29 is 23.4 Å². The van der Waals surface area contributed by atoms with Crippen LogP contribution in [0.5, 0.6) is 0 Å². The fourth-order valence-electron chi connectivity index (χ4n) is 1.16. The Morgan fingerprint density at radius 1 is 1.29 bits per heavy atom. The predicted octanol–water partition coefficient (Wildman–Crippen LogP) is 2.12. The molecule has 0 aliphatic heterocycles. The molecule has 0 heterocycles. The molecule has 96 valence electrons. The van der Waals surface area contributed by atoms with E-state index in [1.165, 1.54) is 6.07 Å². The average Bonchev–Trinajstić information content (AvgIpc) is 2.24. The van der Waals surface area contributed by atoms with Gasteiger partial charge in [-0.2, -0.15) is 13.2 Å². The molecular weight excluding hydrogens is 259 g/mol. The normalized spacial score (nSPS) is 13.5. The maximum atomic E-state index is 12.4. The smallest absolute Gasteiger partial charge is 0.394 e. The number of hydrogen-bond acceptors (Lipinski definition) is 3. The van der Waals surface area contributed by atoms with Gasteiger partial charge in [0.2, 0.25) is 0 Å². The van der Waals surface area contributed by atoms with E-state index in [4.69, 9.17) is 21.8 Å². The molecule has 17 heavy (non-hydrogen) atoms. The van der Waals surface area contributed by atoms with E-state index in [0.29, 0.717) is 0 Å².